The van der Waals surface area contributed by atoms with Gasteiger partial charge in [0.25, 0.3) is 0 Å². The molecule has 0 spiro atoms. The molecule has 0 bridgehead atoms. The summed E-state index contributed by atoms with van der Waals surface area (Å²) in [5.41, 5.74) is 0.204. The van der Waals surface area contributed by atoms with E-state index in [9.17, 15) is 0 Å². The highest BCUT2D eigenvalue weighted by Gasteiger charge is 2.34. The van der Waals surface area contributed by atoms with Crippen LogP contribution in [0.15, 0.2) is 22.8 Å². The first-order valence-corrected chi connectivity index (χ1v) is 6.07. The zero-order valence-electron chi connectivity index (χ0n) is 11.3. The lowest BCUT2D eigenvalue weighted by atomic mass is 9.84. The Morgan fingerprint density at radius 1 is 1.22 bits per heavy atom. The van der Waals surface area contributed by atoms with Crippen molar-refractivity contribution in [3.63, 3.8) is 0 Å². The van der Waals surface area contributed by atoms with Gasteiger partial charge in [0, 0.05) is 26.2 Å². The van der Waals surface area contributed by atoms with Crippen molar-refractivity contribution in [2.45, 2.75) is 26.8 Å². The van der Waals surface area contributed by atoms with Crippen molar-refractivity contribution in [2.24, 2.45) is 5.41 Å². The van der Waals surface area contributed by atoms with Crippen LogP contribution in [-0.4, -0.2) is 31.1 Å². The Morgan fingerprint density at radius 3 is 2.28 bits per heavy atom. The van der Waals surface area contributed by atoms with Crippen LogP contribution in [0.25, 0.3) is 0 Å². The van der Waals surface area contributed by atoms with Gasteiger partial charge in [-0.3, -0.25) is 4.90 Å². The van der Waals surface area contributed by atoms with E-state index in [0.717, 1.165) is 31.9 Å². The first-order chi connectivity index (χ1) is 7.59. The van der Waals surface area contributed by atoms with Gasteiger partial charge in [0.05, 0.1) is 12.3 Å². The van der Waals surface area contributed by atoms with Crippen molar-refractivity contribution in [1.29, 1.82) is 0 Å². The van der Waals surface area contributed by atoms with Crippen molar-refractivity contribution < 1.29 is 4.42 Å². The summed E-state index contributed by atoms with van der Waals surface area (Å²) in [4.78, 5) is 2.52. The summed E-state index contributed by atoms with van der Waals surface area (Å²) in [6, 6.07) is 4.46. The second-order valence-electron chi connectivity index (χ2n) is 5.57. The van der Waals surface area contributed by atoms with E-state index < -0.39 is 0 Å². The molecular weight excluding hydrogens is 271 g/mol. The number of nitrogens with zero attached hydrogens (tertiary/aromatic N) is 1. The van der Waals surface area contributed by atoms with Crippen molar-refractivity contribution in [3.8, 4) is 0 Å². The minimum atomic E-state index is 0. The lowest BCUT2D eigenvalue weighted by Crippen LogP contribution is -2.48. The fourth-order valence-electron chi connectivity index (χ4n) is 2.54. The molecule has 106 valence electrons. The van der Waals surface area contributed by atoms with Crippen LogP contribution in [-0.2, 0) is 0 Å². The van der Waals surface area contributed by atoms with E-state index >= 15 is 0 Å². The summed E-state index contributed by atoms with van der Waals surface area (Å²) in [5, 5.41) is 3.39. The molecule has 1 aliphatic rings. The van der Waals surface area contributed by atoms with E-state index in [1.807, 2.05) is 6.07 Å². The molecule has 1 aromatic rings. The number of hydrogen-bond acceptors (Lipinski definition) is 3. The Morgan fingerprint density at radius 2 is 1.83 bits per heavy atom. The van der Waals surface area contributed by atoms with Gasteiger partial charge in [-0.15, -0.1) is 24.8 Å². The fourth-order valence-corrected chi connectivity index (χ4v) is 2.54. The Balaban J connectivity index is 0.00000144. The summed E-state index contributed by atoms with van der Waals surface area (Å²) >= 11 is 0. The van der Waals surface area contributed by atoms with E-state index in [4.69, 9.17) is 4.42 Å². The molecule has 1 fully saturated rings. The molecule has 0 aliphatic carbocycles. The highest BCUT2D eigenvalue weighted by atomic mass is 35.5. The van der Waals surface area contributed by atoms with Gasteiger partial charge < -0.3 is 9.73 Å². The highest BCUT2D eigenvalue weighted by molar-refractivity contribution is 5.85. The van der Waals surface area contributed by atoms with Gasteiger partial charge in [-0.2, -0.15) is 0 Å². The molecule has 2 rings (SSSR count). The zero-order chi connectivity index (χ0) is 11.6. The molecule has 1 saturated heterocycles. The number of rotatable bonds is 2. The Kier molecular flexibility index (Phi) is 7.30. The highest BCUT2D eigenvalue weighted by Crippen LogP contribution is 2.38. The predicted molar refractivity (Wildman–Crippen MR) is 79.8 cm³/mol. The summed E-state index contributed by atoms with van der Waals surface area (Å²) in [6.45, 7) is 11.2. The molecule has 1 aromatic heterocycles. The molecular formula is C13H24Cl2N2O. The van der Waals surface area contributed by atoms with Gasteiger partial charge in [-0.05, 0) is 17.5 Å². The second-order valence-corrected chi connectivity index (χ2v) is 5.57. The molecule has 1 N–H and O–H groups in total. The van der Waals surface area contributed by atoms with E-state index in [0.29, 0.717) is 6.04 Å². The molecule has 0 radical (unpaired) electrons. The fraction of sp³-hybridized carbons (Fsp3) is 0.692. The van der Waals surface area contributed by atoms with E-state index in [2.05, 4.69) is 37.1 Å². The lowest BCUT2D eigenvalue weighted by Gasteiger charge is -2.41. The first kappa shape index (κ1) is 17.8. The Hall–Kier alpha value is -0.220. The molecule has 18 heavy (non-hydrogen) atoms. The van der Waals surface area contributed by atoms with Gasteiger partial charge in [-0.1, -0.05) is 20.8 Å². The molecule has 0 unspecified atom stereocenters. The summed E-state index contributed by atoms with van der Waals surface area (Å²) in [5.74, 6) is 1.09. The number of furan rings is 1. The average Bonchev–Trinajstić information content (AvgIpc) is 2.71. The molecule has 5 heteroatoms. The molecule has 1 atom stereocenters. The van der Waals surface area contributed by atoms with Gasteiger partial charge in [0.1, 0.15) is 5.76 Å². The molecule has 1 aliphatic heterocycles. The average molecular weight is 295 g/mol. The van der Waals surface area contributed by atoms with Crippen molar-refractivity contribution in [1.82, 2.24) is 10.2 Å². The minimum Gasteiger partial charge on any atom is -0.468 e. The summed E-state index contributed by atoms with van der Waals surface area (Å²) in [7, 11) is 0. The van der Waals surface area contributed by atoms with E-state index in [-0.39, 0.29) is 30.2 Å². The van der Waals surface area contributed by atoms with Crippen molar-refractivity contribution >= 4 is 24.8 Å². The van der Waals surface area contributed by atoms with Crippen molar-refractivity contribution in [3.05, 3.63) is 24.2 Å². The van der Waals surface area contributed by atoms with Crippen LogP contribution in [0.5, 0.6) is 0 Å². The normalized spacial score (nSPS) is 18.6. The second kappa shape index (κ2) is 7.39. The number of hydrogen-bond donors (Lipinski definition) is 1. The van der Waals surface area contributed by atoms with Crippen LogP contribution in [0.2, 0.25) is 0 Å². The third kappa shape index (κ3) is 4.16. The van der Waals surface area contributed by atoms with Crippen LogP contribution in [0, 0.1) is 5.41 Å². The predicted octanol–water partition coefficient (Wildman–Crippen LogP) is 3.12. The van der Waals surface area contributed by atoms with Crippen LogP contribution in [0.1, 0.15) is 32.6 Å². The molecule has 0 saturated carbocycles. The van der Waals surface area contributed by atoms with Crippen LogP contribution in [0.4, 0.5) is 0 Å². The number of halogens is 2. The third-order valence-corrected chi connectivity index (χ3v) is 3.15. The monoisotopic (exact) mass is 294 g/mol. The maximum atomic E-state index is 5.61. The standard InChI is InChI=1S/C13H22N2O.2ClH/c1-13(2,3)12(11-5-4-10-16-11)15-8-6-14-7-9-15;;/h4-5,10,12,14H,6-9H2,1-3H3;2*1H/t12-;;/m0../s1. The Labute approximate surface area is 122 Å². The number of piperazine rings is 1. The third-order valence-electron chi connectivity index (χ3n) is 3.15. The zero-order valence-corrected chi connectivity index (χ0v) is 12.9. The van der Waals surface area contributed by atoms with E-state index in [1.54, 1.807) is 6.26 Å². The largest absolute Gasteiger partial charge is 0.468 e. The van der Waals surface area contributed by atoms with Crippen molar-refractivity contribution in [2.75, 3.05) is 26.2 Å². The molecule has 2 heterocycles. The van der Waals surface area contributed by atoms with Crippen LogP contribution < -0.4 is 5.32 Å². The molecule has 0 aromatic carbocycles. The SMILES string of the molecule is CC(C)(C)[C@H](c1ccco1)N1CCNCC1.Cl.Cl. The van der Waals surface area contributed by atoms with Crippen LogP contribution >= 0.6 is 24.8 Å². The van der Waals surface area contributed by atoms with Gasteiger partial charge >= 0.3 is 0 Å². The van der Waals surface area contributed by atoms with Gasteiger partial charge in [-0.25, -0.2) is 0 Å². The lowest BCUT2D eigenvalue weighted by molar-refractivity contribution is 0.0697. The Bertz CT molecular complexity index is 316. The quantitative estimate of drug-likeness (QED) is 0.908. The van der Waals surface area contributed by atoms with Gasteiger partial charge in [0.2, 0.25) is 0 Å². The van der Waals surface area contributed by atoms with Gasteiger partial charge in [0.15, 0.2) is 0 Å². The summed E-state index contributed by atoms with van der Waals surface area (Å²) < 4.78 is 5.61. The van der Waals surface area contributed by atoms with Crippen LogP contribution in [0.3, 0.4) is 0 Å². The first-order valence-electron chi connectivity index (χ1n) is 6.07. The van der Waals surface area contributed by atoms with E-state index in [1.165, 1.54) is 0 Å². The maximum Gasteiger partial charge on any atom is 0.121 e. The molecule has 0 amide bonds. The smallest absolute Gasteiger partial charge is 0.121 e. The number of nitrogens with one attached hydrogen (secondary N) is 1. The summed E-state index contributed by atoms with van der Waals surface area (Å²) in [6.07, 6.45) is 1.77. The topological polar surface area (TPSA) is 28.4 Å². The molecule has 3 nitrogen and oxygen atoms in total. The minimum absolute atomic E-state index is 0. The maximum absolute atomic E-state index is 5.61.